The number of aromatic nitrogens is 1. The molecular formula is C27H32ClFN4O2. The third-order valence-electron chi connectivity index (χ3n) is 8.69. The molecule has 8 heteroatoms. The second-order valence-electron chi connectivity index (χ2n) is 11.3. The quantitative estimate of drug-likeness (QED) is 0.530. The van der Waals surface area contributed by atoms with E-state index >= 15 is 0 Å². The van der Waals surface area contributed by atoms with E-state index in [1.807, 2.05) is 13.8 Å². The highest BCUT2D eigenvalue weighted by atomic mass is 35.5. The predicted octanol–water partition coefficient (Wildman–Crippen LogP) is 4.29. The summed E-state index contributed by atoms with van der Waals surface area (Å²) in [4.78, 5) is 30.7. The Morgan fingerprint density at radius 3 is 2.69 bits per heavy atom. The first kappa shape index (κ1) is 24.2. The highest BCUT2D eigenvalue weighted by molar-refractivity contribution is 6.31. The van der Waals surface area contributed by atoms with Crippen LogP contribution in [0.3, 0.4) is 0 Å². The Bertz CT molecular complexity index is 1140. The van der Waals surface area contributed by atoms with Gasteiger partial charge in [0.25, 0.3) is 0 Å². The molecular weight excluding hydrogens is 467 g/mol. The average molecular weight is 499 g/mol. The molecule has 6 nitrogen and oxygen atoms in total. The topological polar surface area (TPSA) is 97.1 Å². The summed E-state index contributed by atoms with van der Waals surface area (Å²) < 4.78 is 13.5. The first-order valence-corrected chi connectivity index (χ1v) is 12.7. The Morgan fingerprint density at radius 2 is 1.97 bits per heavy atom. The van der Waals surface area contributed by atoms with Crippen LogP contribution in [0.25, 0.3) is 0 Å². The summed E-state index contributed by atoms with van der Waals surface area (Å²) in [6.07, 6.45) is 6.95. The number of halogens is 2. The lowest BCUT2D eigenvalue weighted by Gasteiger charge is -2.35. The largest absolute Gasteiger partial charge is 0.354 e. The van der Waals surface area contributed by atoms with Gasteiger partial charge in [-0.1, -0.05) is 31.5 Å². The molecule has 1 aromatic carbocycles. The number of hydrogen-bond donors (Lipinski definition) is 3. The summed E-state index contributed by atoms with van der Waals surface area (Å²) in [6, 6.07) is 7.22. The van der Waals surface area contributed by atoms with E-state index in [4.69, 9.17) is 17.3 Å². The molecule has 4 saturated carbocycles. The van der Waals surface area contributed by atoms with Gasteiger partial charge in [-0.2, -0.15) is 0 Å². The van der Waals surface area contributed by atoms with Gasteiger partial charge in [0, 0.05) is 35.1 Å². The standard InChI is InChI=1S/C27H32ClFN4O2/c1-26(2,19-4-3-17(29)11-21(19)28)14-32-24(34)23(30)22-16-9-15-10-20(22)27(12-15,13-16)25(35)33-18-5-7-31-8-6-18/h3-8,11,15-16,20,22-23H,9-10,12-14,30H2,1-2H3,(H,32,34)(H,31,33,35). The van der Waals surface area contributed by atoms with Crippen molar-refractivity contribution < 1.29 is 14.0 Å². The number of pyridine rings is 1. The van der Waals surface area contributed by atoms with Gasteiger partial charge in [0.2, 0.25) is 11.8 Å². The highest BCUT2D eigenvalue weighted by Crippen LogP contribution is 2.68. The van der Waals surface area contributed by atoms with Crippen molar-refractivity contribution >= 4 is 29.1 Å². The van der Waals surface area contributed by atoms with Gasteiger partial charge in [-0.3, -0.25) is 14.6 Å². The minimum Gasteiger partial charge on any atom is -0.354 e. The van der Waals surface area contributed by atoms with Crippen LogP contribution in [0.1, 0.15) is 45.1 Å². The SMILES string of the molecule is CC(C)(CNC(=O)C(N)C1C2CC3CC1C(C(=O)Nc1ccncc1)(C3)C2)c1ccc(F)cc1Cl. The molecule has 6 unspecified atom stereocenters. The fraction of sp³-hybridized carbons (Fsp3) is 0.519. The van der Waals surface area contributed by atoms with Crippen molar-refractivity contribution in [3.05, 3.63) is 59.1 Å². The Hall–Kier alpha value is -2.51. The Kier molecular flexibility index (Phi) is 6.12. The van der Waals surface area contributed by atoms with E-state index in [-0.39, 0.29) is 29.6 Å². The van der Waals surface area contributed by atoms with E-state index in [9.17, 15) is 14.0 Å². The summed E-state index contributed by atoms with van der Waals surface area (Å²) in [5.41, 5.74) is 7.14. The zero-order chi connectivity index (χ0) is 25.0. The maximum absolute atomic E-state index is 13.5. The van der Waals surface area contributed by atoms with Crippen LogP contribution in [0, 0.1) is 34.9 Å². The third kappa shape index (κ3) is 4.23. The zero-order valence-electron chi connectivity index (χ0n) is 20.1. The van der Waals surface area contributed by atoms with Crippen LogP contribution in [0.4, 0.5) is 10.1 Å². The van der Waals surface area contributed by atoms with Crippen molar-refractivity contribution in [2.45, 2.75) is 51.0 Å². The van der Waals surface area contributed by atoms with Gasteiger partial charge < -0.3 is 16.4 Å². The first-order valence-electron chi connectivity index (χ1n) is 12.3. The van der Waals surface area contributed by atoms with Crippen molar-refractivity contribution in [2.75, 3.05) is 11.9 Å². The molecule has 4 bridgehead atoms. The third-order valence-corrected chi connectivity index (χ3v) is 9.01. The molecule has 4 N–H and O–H groups in total. The Labute approximate surface area is 210 Å². The van der Waals surface area contributed by atoms with Gasteiger partial charge in [-0.05, 0) is 79.2 Å². The molecule has 0 radical (unpaired) electrons. The first-order chi connectivity index (χ1) is 16.6. The molecule has 4 aliphatic carbocycles. The molecule has 1 aromatic heterocycles. The van der Waals surface area contributed by atoms with Gasteiger partial charge in [-0.15, -0.1) is 0 Å². The van der Waals surface area contributed by atoms with Crippen molar-refractivity contribution in [3.63, 3.8) is 0 Å². The number of nitrogens with one attached hydrogen (secondary N) is 2. The summed E-state index contributed by atoms with van der Waals surface area (Å²) in [5.74, 6) is 0.325. The minimum absolute atomic E-state index is 0.0190. The molecule has 0 spiro atoms. The van der Waals surface area contributed by atoms with Gasteiger partial charge in [-0.25, -0.2) is 4.39 Å². The predicted molar refractivity (Wildman–Crippen MR) is 133 cm³/mol. The van der Waals surface area contributed by atoms with Gasteiger partial charge >= 0.3 is 0 Å². The molecule has 2 aromatic rings. The van der Waals surface area contributed by atoms with E-state index < -0.39 is 22.7 Å². The molecule has 4 aliphatic rings. The van der Waals surface area contributed by atoms with E-state index in [1.54, 1.807) is 30.6 Å². The fourth-order valence-electron chi connectivity index (χ4n) is 7.20. The summed E-state index contributed by atoms with van der Waals surface area (Å²) >= 11 is 6.27. The molecule has 6 rings (SSSR count). The van der Waals surface area contributed by atoms with E-state index in [0.717, 1.165) is 36.9 Å². The molecule has 186 valence electrons. The lowest BCUT2D eigenvalue weighted by atomic mass is 9.72. The smallest absolute Gasteiger partial charge is 0.237 e. The number of hydrogen-bond acceptors (Lipinski definition) is 4. The lowest BCUT2D eigenvalue weighted by Crippen LogP contribution is -2.52. The zero-order valence-corrected chi connectivity index (χ0v) is 20.8. The maximum atomic E-state index is 13.5. The normalized spacial score (nSPS) is 29.7. The second-order valence-corrected chi connectivity index (χ2v) is 11.7. The molecule has 2 amide bonds. The molecule has 0 aliphatic heterocycles. The van der Waals surface area contributed by atoms with E-state index in [0.29, 0.717) is 17.5 Å². The van der Waals surface area contributed by atoms with Crippen LogP contribution >= 0.6 is 11.6 Å². The number of rotatable bonds is 7. The van der Waals surface area contributed by atoms with E-state index in [2.05, 4.69) is 15.6 Å². The molecule has 35 heavy (non-hydrogen) atoms. The van der Waals surface area contributed by atoms with Gasteiger partial charge in [0.1, 0.15) is 5.82 Å². The number of nitrogens with zero attached hydrogens (tertiary/aromatic N) is 1. The molecule has 1 heterocycles. The van der Waals surface area contributed by atoms with Crippen LogP contribution in [-0.2, 0) is 15.0 Å². The van der Waals surface area contributed by atoms with Crippen LogP contribution in [0.2, 0.25) is 5.02 Å². The lowest BCUT2D eigenvalue weighted by molar-refractivity contribution is -0.128. The van der Waals surface area contributed by atoms with Gasteiger partial charge in [0.05, 0.1) is 11.5 Å². The molecule has 4 fully saturated rings. The van der Waals surface area contributed by atoms with Crippen LogP contribution < -0.4 is 16.4 Å². The number of carbonyl (C=O) groups is 2. The summed E-state index contributed by atoms with van der Waals surface area (Å²) in [5, 5.41) is 6.44. The number of carbonyl (C=O) groups excluding carboxylic acids is 2. The van der Waals surface area contributed by atoms with Crippen molar-refractivity contribution in [2.24, 2.45) is 34.8 Å². The number of anilines is 1. The Balaban J connectivity index is 1.28. The van der Waals surface area contributed by atoms with Crippen molar-refractivity contribution in [1.29, 1.82) is 0 Å². The molecule has 0 saturated heterocycles. The Morgan fingerprint density at radius 1 is 1.23 bits per heavy atom. The van der Waals surface area contributed by atoms with Crippen molar-refractivity contribution in [3.8, 4) is 0 Å². The minimum atomic E-state index is -0.681. The van der Waals surface area contributed by atoms with Crippen molar-refractivity contribution in [1.82, 2.24) is 10.3 Å². The highest BCUT2D eigenvalue weighted by Gasteiger charge is 2.67. The second kappa shape index (κ2) is 8.86. The number of amides is 2. The monoisotopic (exact) mass is 498 g/mol. The van der Waals surface area contributed by atoms with Crippen LogP contribution in [0.15, 0.2) is 42.7 Å². The fourth-order valence-corrected chi connectivity index (χ4v) is 7.62. The summed E-state index contributed by atoms with van der Waals surface area (Å²) in [6.45, 7) is 4.23. The number of nitrogens with two attached hydrogens (primary N) is 1. The van der Waals surface area contributed by atoms with Crippen LogP contribution in [0.5, 0.6) is 0 Å². The van der Waals surface area contributed by atoms with E-state index in [1.165, 1.54) is 12.1 Å². The van der Waals surface area contributed by atoms with Crippen LogP contribution in [-0.4, -0.2) is 29.4 Å². The number of benzene rings is 1. The molecule has 6 atom stereocenters. The average Bonchev–Trinajstić information content (AvgIpc) is 3.20. The maximum Gasteiger partial charge on any atom is 0.237 e. The van der Waals surface area contributed by atoms with Gasteiger partial charge in [0.15, 0.2) is 0 Å². The summed E-state index contributed by atoms with van der Waals surface area (Å²) in [7, 11) is 0.